The molecule has 0 saturated carbocycles. The number of piperazine rings is 1. The minimum atomic E-state index is -0.165. The van der Waals surface area contributed by atoms with Gasteiger partial charge >= 0.3 is 0 Å². The first-order valence-electron chi connectivity index (χ1n) is 10.0. The van der Waals surface area contributed by atoms with Gasteiger partial charge in [-0.2, -0.15) is 0 Å². The van der Waals surface area contributed by atoms with Crippen LogP contribution in [0.25, 0.3) is 11.7 Å². The number of nitrogens with one attached hydrogen (secondary N) is 1. The van der Waals surface area contributed by atoms with Crippen molar-refractivity contribution in [2.75, 3.05) is 42.1 Å². The van der Waals surface area contributed by atoms with E-state index in [1.165, 1.54) is 6.26 Å². The van der Waals surface area contributed by atoms with Gasteiger partial charge in [0.05, 0.1) is 12.0 Å². The number of carbonyl (C=O) groups excluding carboxylic acids is 2. The van der Waals surface area contributed by atoms with Crippen LogP contribution < -0.4 is 10.2 Å². The van der Waals surface area contributed by atoms with Gasteiger partial charge in [0.2, 0.25) is 11.8 Å². The van der Waals surface area contributed by atoms with Crippen LogP contribution in [0, 0.1) is 0 Å². The van der Waals surface area contributed by atoms with E-state index in [1.807, 2.05) is 36.1 Å². The molecule has 162 valence electrons. The molecule has 3 heterocycles. The summed E-state index contributed by atoms with van der Waals surface area (Å²) >= 11 is 1.16. The van der Waals surface area contributed by atoms with E-state index in [0.29, 0.717) is 17.4 Å². The third kappa shape index (κ3) is 5.26. The molecule has 1 aliphatic heterocycles. The number of hydrogen-bond donors (Lipinski definition) is 1. The summed E-state index contributed by atoms with van der Waals surface area (Å²) in [5, 5.41) is 11.0. The quantitative estimate of drug-likeness (QED) is 0.558. The molecule has 9 nitrogen and oxygen atoms in total. The van der Waals surface area contributed by atoms with Crippen LogP contribution >= 0.6 is 11.8 Å². The smallest absolute Gasteiger partial charge is 0.284 e. The molecule has 4 rings (SSSR count). The van der Waals surface area contributed by atoms with Gasteiger partial charge in [-0.15, -0.1) is 10.2 Å². The monoisotopic (exact) mass is 441 g/mol. The Morgan fingerprint density at radius 3 is 2.55 bits per heavy atom. The number of furan rings is 1. The predicted octanol–water partition coefficient (Wildman–Crippen LogP) is 3.12. The second-order valence-electron chi connectivity index (χ2n) is 6.96. The minimum absolute atomic E-state index is 0.148. The van der Waals surface area contributed by atoms with E-state index in [4.69, 9.17) is 8.83 Å². The molecule has 2 aromatic heterocycles. The Balaban J connectivity index is 1.24. The Hall–Kier alpha value is -3.27. The van der Waals surface area contributed by atoms with Crippen LogP contribution in [0.5, 0.6) is 0 Å². The fourth-order valence-corrected chi connectivity index (χ4v) is 3.85. The first-order valence-corrected chi connectivity index (χ1v) is 11.0. The van der Waals surface area contributed by atoms with Gasteiger partial charge in [-0.05, 0) is 36.4 Å². The summed E-state index contributed by atoms with van der Waals surface area (Å²) < 4.78 is 10.7. The highest BCUT2D eigenvalue weighted by Gasteiger charge is 2.20. The molecule has 0 atom stereocenters. The highest BCUT2D eigenvalue weighted by atomic mass is 32.2. The van der Waals surface area contributed by atoms with Crippen molar-refractivity contribution in [1.29, 1.82) is 0 Å². The number of anilines is 2. The van der Waals surface area contributed by atoms with Crippen molar-refractivity contribution in [1.82, 2.24) is 15.1 Å². The van der Waals surface area contributed by atoms with Gasteiger partial charge in [0, 0.05) is 44.0 Å². The fourth-order valence-electron chi connectivity index (χ4n) is 3.29. The molecule has 1 aromatic carbocycles. The average molecular weight is 442 g/mol. The van der Waals surface area contributed by atoms with E-state index < -0.39 is 0 Å². The van der Waals surface area contributed by atoms with Gasteiger partial charge in [-0.1, -0.05) is 18.7 Å². The molecule has 0 radical (unpaired) electrons. The second-order valence-corrected chi connectivity index (χ2v) is 7.88. The maximum Gasteiger partial charge on any atom is 0.284 e. The van der Waals surface area contributed by atoms with Crippen LogP contribution in [0.3, 0.4) is 0 Å². The fraction of sp³-hybridized carbons (Fsp3) is 0.333. The molecule has 1 fully saturated rings. The lowest BCUT2D eigenvalue weighted by atomic mass is 10.2. The SMILES string of the molecule is CCC(=O)N1CCN(c2ccc(NC(=O)CSc3nnc(-c4ccco4)o3)cc2)CC1. The number of amides is 2. The Morgan fingerprint density at radius 1 is 1.10 bits per heavy atom. The summed E-state index contributed by atoms with van der Waals surface area (Å²) in [7, 11) is 0. The molecule has 1 N–H and O–H groups in total. The minimum Gasteiger partial charge on any atom is -0.459 e. The highest BCUT2D eigenvalue weighted by Crippen LogP contribution is 2.24. The van der Waals surface area contributed by atoms with Crippen molar-refractivity contribution in [3.63, 3.8) is 0 Å². The van der Waals surface area contributed by atoms with E-state index in [0.717, 1.165) is 49.3 Å². The van der Waals surface area contributed by atoms with Crippen LogP contribution in [0.1, 0.15) is 13.3 Å². The summed E-state index contributed by atoms with van der Waals surface area (Å²) in [4.78, 5) is 28.2. The molecule has 3 aromatic rings. The lowest BCUT2D eigenvalue weighted by Crippen LogP contribution is -2.48. The summed E-state index contributed by atoms with van der Waals surface area (Å²) in [6.45, 7) is 4.97. The normalized spacial score (nSPS) is 14.0. The third-order valence-electron chi connectivity index (χ3n) is 4.92. The molecule has 0 unspecified atom stereocenters. The Labute approximate surface area is 183 Å². The van der Waals surface area contributed by atoms with Crippen molar-refractivity contribution in [3.05, 3.63) is 42.7 Å². The van der Waals surface area contributed by atoms with Crippen LogP contribution in [-0.2, 0) is 9.59 Å². The van der Waals surface area contributed by atoms with E-state index in [-0.39, 0.29) is 23.5 Å². The van der Waals surface area contributed by atoms with Crippen LogP contribution in [0.4, 0.5) is 11.4 Å². The number of aromatic nitrogens is 2. The third-order valence-corrected chi connectivity index (χ3v) is 5.73. The predicted molar refractivity (Wildman–Crippen MR) is 117 cm³/mol. The van der Waals surface area contributed by atoms with Gasteiger partial charge in [0.25, 0.3) is 11.1 Å². The Bertz CT molecular complexity index is 1010. The van der Waals surface area contributed by atoms with Crippen molar-refractivity contribution in [2.24, 2.45) is 0 Å². The van der Waals surface area contributed by atoms with E-state index in [2.05, 4.69) is 20.4 Å². The van der Waals surface area contributed by atoms with Crippen LogP contribution in [-0.4, -0.2) is 58.8 Å². The summed E-state index contributed by atoms with van der Waals surface area (Å²) in [6.07, 6.45) is 2.07. The van der Waals surface area contributed by atoms with Crippen molar-refractivity contribution >= 4 is 35.0 Å². The van der Waals surface area contributed by atoms with E-state index >= 15 is 0 Å². The van der Waals surface area contributed by atoms with Crippen molar-refractivity contribution in [2.45, 2.75) is 18.6 Å². The molecule has 1 aliphatic rings. The van der Waals surface area contributed by atoms with Crippen molar-refractivity contribution < 1.29 is 18.4 Å². The van der Waals surface area contributed by atoms with Gasteiger partial charge in [-0.25, -0.2) is 0 Å². The first-order chi connectivity index (χ1) is 15.1. The number of hydrogen-bond acceptors (Lipinski definition) is 8. The highest BCUT2D eigenvalue weighted by molar-refractivity contribution is 7.99. The van der Waals surface area contributed by atoms with E-state index in [1.54, 1.807) is 12.1 Å². The van der Waals surface area contributed by atoms with Gasteiger partial charge < -0.3 is 24.0 Å². The number of rotatable bonds is 7. The second kappa shape index (κ2) is 9.69. The molecule has 10 heteroatoms. The first kappa shape index (κ1) is 21.0. The lowest BCUT2D eigenvalue weighted by Gasteiger charge is -2.36. The zero-order valence-electron chi connectivity index (χ0n) is 17.1. The summed E-state index contributed by atoms with van der Waals surface area (Å²) in [5.74, 6) is 0.954. The Morgan fingerprint density at radius 2 is 1.87 bits per heavy atom. The van der Waals surface area contributed by atoms with Crippen LogP contribution in [0.15, 0.2) is 56.7 Å². The molecule has 1 saturated heterocycles. The summed E-state index contributed by atoms with van der Waals surface area (Å²) in [6, 6.07) is 11.2. The lowest BCUT2D eigenvalue weighted by molar-refractivity contribution is -0.131. The molecule has 0 bridgehead atoms. The molecular formula is C21H23N5O4S. The number of carbonyl (C=O) groups is 2. The van der Waals surface area contributed by atoms with Gasteiger partial charge in [0.1, 0.15) is 0 Å². The molecule has 31 heavy (non-hydrogen) atoms. The number of nitrogens with zero attached hydrogens (tertiary/aromatic N) is 4. The van der Waals surface area contributed by atoms with E-state index in [9.17, 15) is 9.59 Å². The number of benzene rings is 1. The number of thioether (sulfide) groups is 1. The zero-order chi connectivity index (χ0) is 21.6. The average Bonchev–Trinajstić information content (AvgIpc) is 3.50. The van der Waals surface area contributed by atoms with Gasteiger partial charge in [-0.3, -0.25) is 9.59 Å². The molecule has 2 amide bonds. The summed E-state index contributed by atoms with van der Waals surface area (Å²) in [5.41, 5.74) is 1.79. The molecular weight excluding hydrogens is 418 g/mol. The molecule has 0 spiro atoms. The molecule has 0 aliphatic carbocycles. The largest absolute Gasteiger partial charge is 0.459 e. The van der Waals surface area contributed by atoms with Crippen molar-refractivity contribution in [3.8, 4) is 11.7 Å². The zero-order valence-corrected chi connectivity index (χ0v) is 17.9. The maximum atomic E-state index is 12.2. The Kier molecular flexibility index (Phi) is 6.56. The van der Waals surface area contributed by atoms with Gasteiger partial charge in [0.15, 0.2) is 5.76 Å². The van der Waals surface area contributed by atoms with Crippen LogP contribution in [0.2, 0.25) is 0 Å². The maximum absolute atomic E-state index is 12.2. The topological polar surface area (TPSA) is 105 Å². The standard InChI is InChI=1S/C21H23N5O4S/c1-2-19(28)26-11-9-25(10-12-26)16-7-5-15(6-8-16)22-18(27)14-31-21-24-23-20(30-21)17-4-3-13-29-17/h3-8,13H,2,9-12,14H2,1H3,(H,22,27).